The Hall–Kier alpha value is 1.71. The van der Waals surface area contributed by atoms with Gasteiger partial charge < -0.3 is 56.5 Å². The van der Waals surface area contributed by atoms with E-state index in [9.17, 15) is 14.4 Å². The summed E-state index contributed by atoms with van der Waals surface area (Å²) >= 11 is 0. The van der Waals surface area contributed by atoms with Crippen molar-refractivity contribution >= 4 is 61.6 Å². The number of hydrogen-bond donors (Lipinski definition) is 4. The zero-order valence-corrected chi connectivity index (χ0v) is 47.4. The van der Waals surface area contributed by atoms with Gasteiger partial charge in [-0.1, -0.05) is 138 Å². The summed E-state index contributed by atoms with van der Waals surface area (Å²) in [4.78, 5) is 38.7. The van der Waals surface area contributed by atoms with Gasteiger partial charge in [0.2, 0.25) is 0 Å². The minimum absolute atomic E-state index is 0. The molecule has 0 atom stereocenters. The fourth-order valence-corrected chi connectivity index (χ4v) is 45.2. The number of aliphatic hydroxyl groups excluding tert-OH is 1. The van der Waals surface area contributed by atoms with E-state index in [0.29, 0.717) is 43.4 Å². The molecule has 3 aliphatic heterocycles. The first-order valence-corrected chi connectivity index (χ1v) is 37.3. The van der Waals surface area contributed by atoms with E-state index >= 15 is 0 Å². The smallest absolute Gasteiger partial charge is 0.394 e. The first-order valence-electron chi connectivity index (χ1n) is 23.7. The Balaban J connectivity index is 0.00000332. The number of aliphatic hydroxyl groups is 1. The molecule has 0 aromatic carbocycles. The third kappa shape index (κ3) is 20.8. The van der Waals surface area contributed by atoms with Crippen molar-refractivity contribution in [3.8, 4) is 0 Å². The number of unbranched alkanes of at least 4 members (excludes halogenated alkanes) is 14. The van der Waals surface area contributed by atoms with Crippen LogP contribution in [0.15, 0.2) is 0 Å². The summed E-state index contributed by atoms with van der Waals surface area (Å²) in [7, 11) is -28.8. The van der Waals surface area contributed by atoms with E-state index in [1.807, 2.05) is 0 Å². The summed E-state index contributed by atoms with van der Waals surface area (Å²) in [5.74, 6) is 0. The van der Waals surface area contributed by atoms with Crippen LogP contribution in [0.2, 0.25) is 42.3 Å². The molecular weight excluding hydrogens is 909 g/mol. The topological polar surface area (TPSA) is 164 Å². The SMILES string of the molecule is CC(C)O.CCCCC[Si]1(O)O[Si]2(CCCCC)O[Si](O)(CCCCC)O[Si]3(CCCCC)O[Si](O)(CCCCC)O[Si](CCCCC)(O1)O[Si](CCCCC)(O2)O3.[Ti]. The second kappa shape index (κ2) is 29.4. The van der Waals surface area contributed by atoms with E-state index < -0.39 is 61.6 Å². The fraction of sp³-hybridized carbons (Fsp3) is 1.00. The van der Waals surface area contributed by atoms with Crippen molar-refractivity contribution in [3.05, 3.63) is 0 Å². The Morgan fingerprint density at radius 3 is 0.627 bits per heavy atom. The van der Waals surface area contributed by atoms with E-state index in [0.717, 1.165) is 116 Å². The summed E-state index contributed by atoms with van der Waals surface area (Å²) < 4.78 is 65.2. The Morgan fingerprint density at radius 2 is 0.458 bits per heavy atom. The molecule has 0 radical (unpaired) electrons. The number of hydrogen-bond acceptors (Lipinski definition) is 13. The molecule has 0 saturated carbocycles. The summed E-state index contributed by atoms with van der Waals surface area (Å²) in [5, 5.41) is 8.06. The molecular formula is C38H88O13Si7Ti. The molecule has 0 aromatic rings. The van der Waals surface area contributed by atoms with E-state index in [1.165, 1.54) is 0 Å². The molecule has 0 spiro atoms. The van der Waals surface area contributed by atoms with E-state index in [4.69, 9.17) is 42.1 Å². The minimum atomic E-state index is -4.23. The van der Waals surface area contributed by atoms with Crippen molar-refractivity contribution in [2.45, 2.75) is 246 Å². The molecule has 0 aromatic heterocycles. The van der Waals surface area contributed by atoms with Crippen LogP contribution in [-0.4, -0.2) is 87.2 Å². The zero-order chi connectivity index (χ0) is 43.2. The Bertz CT molecular complexity index is 969. The molecule has 3 fully saturated rings. The number of fused-ring (bicyclic) bond motifs is 3. The summed E-state index contributed by atoms with van der Waals surface area (Å²) in [5.41, 5.74) is 0. The van der Waals surface area contributed by atoms with Crippen LogP contribution < -0.4 is 0 Å². The van der Waals surface area contributed by atoms with Crippen molar-refractivity contribution in [2.24, 2.45) is 0 Å². The molecule has 3 aliphatic rings. The van der Waals surface area contributed by atoms with Crippen LogP contribution in [0.4, 0.5) is 0 Å². The van der Waals surface area contributed by atoms with Gasteiger partial charge in [0.25, 0.3) is 0 Å². The molecule has 21 heteroatoms. The van der Waals surface area contributed by atoms with Crippen LogP contribution in [0.25, 0.3) is 0 Å². The molecule has 4 N–H and O–H groups in total. The molecule has 59 heavy (non-hydrogen) atoms. The standard InChI is InChI=1S/C35H80O12Si7.C3H8O.Ti/c1-8-15-22-29-48(36)39-51(32-25-18-11-4)41-49(37,30-23-16-9-2)43-53(34-27-20-13-6)44-50(38,31-24-17-10-3)42-52(40-48,33-26-19-12-5)46-54(45-51,47-53)35-28-21-14-7;1-3(2)4;/h36-38H,8-35H2,1-7H3;3-4H,1-2H3;. The van der Waals surface area contributed by atoms with Gasteiger partial charge in [-0.05, 0) is 58.8 Å². The third-order valence-electron chi connectivity index (χ3n) is 10.5. The van der Waals surface area contributed by atoms with Crippen LogP contribution in [0.1, 0.15) is 197 Å². The number of rotatable bonds is 28. The molecule has 3 saturated heterocycles. The quantitative estimate of drug-likeness (QED) is 0.0433. The fourth-order valence-electron chi connectivity index (χ4n) is 7.56. The minimum Gasteiger partial charge on any atom is -0.394 e. The maximum absolute atomic E-state index is 12.9. The average Bonchev–Trinajstić information content (AvgIpc) is 3.10. The summed E-state index contributed by atoms with van der Waals surface area (Å²) in [6.45, 7) is 18.4. The second-order valence-corrected chi connectivity index (χ2v) is 37.7. The molecule has 3 rings (SSSR count). The molecule has 3 heterocycles. The van der Waals surface area contributed by atoms with Gasteiger partial charge in [0.05, 0.1) is 0 Å². The van der Waals surface area contributed by atoms with Crippen LogP contribution in [0.5, 0.6) is 0 Å². The van der Waals surface area contributed by atoms with Gasteiger partial charge in [-0.3, -0.25) is 0 Å². The first-order chi connectivity index (χ1) is 27.5. The largest absolute Gasteiger partial charge is 0.483 e. The molecule has 0 aliphatic carbocycles. The van der Waals surface area contributed by atoms with Gasteiger partial charge in [-0.25, -0.2) is 0 Å². The Morgan fingerprint density at radius 1 is 0.305 bits per heavy atom. The van der Waals surface area contributed by atoms with Crippen molar-refractivity contribution in [3.63, 3.8) is 0 Å². The van der Waals surface area contributed by atoms with Gasteiger partial charge in [-0.15, -0.1) is 0 Å². The van der Waals surface area contributed by atoms with Crippen LogP contribution >= 0.6 is 0 Å². The molecule has 350 valence electrons. The van der Waals surface area contributed by atoms with E-state index in [1.54, 1.807) is 13.8 Å². The van der Waals surface area contributed by atoms with Crippen molar-refractivity contribution in [2.75, 3.05) is 0 Å². The van der Waals surface area contributed by atoms with Crippen molar-refractivity contribution in [1.82, 2.24) is 0 Å². The van der Waals surface area contributed by atoms with Gasteiger partial charge in [0, 0.05) is 70.1 Å². The van der Waals surface area contributed by atoms with Crippen molar-refractivity contribution < 1.29 is 78.2 Å². The molecule has 0 unspecified atom stereocenters. The van der Waals surface area contributed by atoms with Gasteiger partial charge in [0.1, 0.15) is 0 Å². The van der Waals surface area contributed by atoms with Crippen molar-refractivity contribution in [1.29, 1.82) is 0 Å². The Labute approximate surface area is 383 Å². The third-order valence-corrected chi connectivity index (χ3v) is 39.9. The van der Waals surface area contributed by atoms with Crippen LogP contribution in [0.3, 0.4) is 0 Å². The van der Waals surface area contributed by atoms with Gasteiger partial charge in [0.15, 0.2) is 0 Å². The maximum Gasteiger partial charge on any atom is 0.483 e. The van der Waals surface area contributed by atoms with Crippen LogP contribution in [-0.2, 0) is 58.8 Å². The molecule has 4 bridgehead atoms. The van der Waals surface area contributed by atoms with E-state index in [-0.39, 0.29) is 46.0 Å². The predicted molar refractivity (Wildman–Crippen MR) is 244 cm³/mol. The predicted octanol–water partition coefficient (Wildman–Crippen LogP) is 10.4. The normalized spacial score (nSPS) is 33.3. The maximum atomic E-state index is 12.9. The first kappa shape index (κ1) is 58.7. The molecule has 13 nitrogen and oxygen atoms in total. The summed E-state index contributed by atoms with van der Waals surface area (Å²) in [6, 6.07) is 2.37. The molecule has 0 amide bonds. The zero-order valence-electron chi connectivity index (χ0n) is 38.8. The van der Waals surface area contributed by atoms with Gasteiger partial charge in [-0.2, -0.15) is 0 Å². The van der Waals surface area contributed by atoms with Gasteiger partial charge >= 0.3 is 61.6 Å². The van der Waals surface area contributed by atoms with E-state index in [2.05, 4.69) is 48.5 Å². The van der Waals surface area contributed by atoms with Crippen LogP contribution in [0, 0.1) is 0 Å². The monoisotopic (exact) mass is 996 g/mol. The average molecular weight is 998 g/mol. The second-order valence-electron chi connectivity index (χ2n) is 17.1. The Kier molecular flexibility index (Phi) is 29.2. The summed E-state index contributed by atoms with van der Waals surface area (Å²) in [6.07, 6.45) is 17.7.